The summed E-state index contributed by atoms with van der Waals surface area (Å²) in [4.78, 5) is 21.9. The van der Waals surface area contributed by atoms with Crippen molar-refractivity contribution in [1.29, 1.82) is 0 Å². The lowest BCUT2D eigenvalue weighted by molar-refractivity contribution is -0.145. The second-order valence-corrected chi connectivity index (χ2v) is 6.25. The summed E-state index contributed by atoms with van der Waals surface area (Å²) >= 11 is 0. The topological polar surface area (TPSA) is 63.6 Å². The van der Waals surface area contributed by atoms with E-state index < -0.39 is 5.97 Å². The highest BCUT2D eigenvalue weighted by Crippen LogP contribution is 2.11. The van der Waals surface area contributed by atoms with E-state index in [1.807, 2.05) is 30.3 Å². The average molecular weight is 346 g/mol. The van der Waals surface area contributed by atoms with Crippen molar-refractivity contribution in [3.8, 4) is 0 Å². The fraction of sp³-hybridized carbons (Fsp3) is 0.524. The van der Waals surface area contributed by atoms with Crippen LogP contribution in [0.5, 0.6) is 0 Å². The molecular weight excluding hydrogens is 316 g/mol. The van der Waals surface area contributed by atoms with E-state index in [2.05, 4.69) is 0 Å². The molecule has 4 nitrogen and oxygen atoms in total. The smallest absolute Gasteiger partial charge is 0.327 e. The first-order valence-electron chi connectivity index (χ1n) is 9.27. The van der Waals surface area contributed by atoms with Gasteiger partial charge in [0, 0.05) is 12.5 Å². The monoisotopic (exact) mass is 346 g/mol. The minimum Gasteiger partial charge on any atom is -0.478 e. The number of benzene rings is 1. The molecule has 25 heavy (non-hydrogen) atoms. The maximum Gasteiger partial charge on any atom is 0.327 e. The number of carboxylic acid groups (broad SMARTS) is 1. The van der Waals surface area contributed by atoms with Crippen LogP contribution in [-0.2, 0) is 20.9 Å². The van der Waals surface area contributed by atoms with Gasteiger partial charge in [0.25, 0.3) is 0 Å². The molecule has 1 aromatic rings. The van der Waals surface area contributed by atoms with Crippen molar-refractivity contribution in [2.24, 2.45) is 0 Å². The van der Waals surface area contributed by atoms with Crippen molar-refractivity contribution in [2.75, 3.05) is 0 Å². The van der Waals surface area contributed by atoms with Gasteiger partial charge in [-0.1, -0.05) is 74.9 Å². The summed E-state index contributed by atoms with van der Waals surface area (Å²) < 4.78 is 5.25. The Kier molecular flexibility index (Phi) is 11.9. The maximum absolute atomic E-state index is 11.7. The quantitative estimate of drug-likeness (QED) is 0.283. The SMILES string of the molecule is O=C(O)C=CCCCCCCCCCCC(=O)OCc1ccccc1. The van der Waals surface area contributed by atoms with Crippen molar-refractivity contribution in [1.82, 2.24) is 0 Å². The molecule has 1 N–H and O–H groups in total. The molecule has 0 bridgehead atoms. The van der Waals surface area contributed by atoms with E-state index in [0.29, 0.717) is 13.0 Å². The number of unbranched alkanes of at least 4 members (excludes halogenated alkanes) is 8. The van der Waals surface area contributed by atoms with Crippen LogP contribution in [0.4, 0.5) is 0 Å². The Hall–Kier alpha value is -2.10. The number of rotatable bonds is 14. The van der Waals surface area contributed by atoms with Crippen LogP contribution >= 0.6 is 0 Å². The van der Waals surface area contributed by atoms with Crippen molar-refractivity contribution in [3.63, 3.8) is 0 Å². The molecule has 0 saturated carbocycles. The molecular formula is C21H30O4. The van der Waals surface area contributed by atoms with Gasteiger partial charge in [-0.2, -0.15) is 0 Å². The van der Waals surface area contributed by atoms with Gasteiger partial charge in [-0.15, -0.1) is 0 Å². The summed E-state index contributed by atoms with van der Waals surface area (Å²) in [5.41, 5.74) is 1.02. The number of aliphatic carboxylic acids is 1. The third kappa shape index (κ3) is 12.9. The van der Waals surface area contributed by atoms with E-state index in [1.165, 1.54) is 25.3 Å². The molecule has 0 amide bonds. The van der Waals surface area contributed by atoms with Crippen LogP contribution in [0.2, 0.25) is 0 Å². The predicted octanol–water partition coefficient (Wildman–Crippen LogP) is 5.27. The zero-order valence-electron chi connectivity index (χ0n) is 15.0. The number of esters is 1. The molecule has 0 aromatic heterocycles. The number of carbonyl (C=O) groups is 2. The summed E-state index contributed by atoms with van der Waals surface area (Å²) in [7, 11) is 0. The Bertz CT molecular complexity index is 508. The summed E-state index contributed by atoms with van der Waals surface area (Å²) in [6, 6.07) is 9.74. The van der Waals surface area contributed by atoms with Gasteiger partial charge < -0.3 is 9.84 Å². The van der Waals surface area contributed by atoms with Crippen LogP contribution in [0.3, 0.4) is 0 Å². The lowest BCUT2D eigenvalue weighted by atomic mass is 10.1. The molecule has 0 spiro atoms. The normalized spacial score (nSPS) is 10.9. The Labute approximate surface area is 150 Å². The predicted molar refractivity (Wildman–Crippen MR) is 99.2 cm³/mol. The number of hydrogen-bond donors (Lipinski definition) is 1. The van der Waals surface area contributed by atoms with E-state index >= 15 is 0 Å². The average Bonchev–Trinajstić information content (AvgIpc) is 2.61. The molecule has 0 saturated heterocycles. The van der Waals surface area contributed by atoms with Gasteiger partial charge in [0.1, 0.15) is 6.61 Å². The molecule has 0 aliphatic rings. The lowest BCUT2D eigenvalue weighted by Crippen LogP contribution is -2.04. The van der Waals surface area contributed by atoms with Crippen molar-refractivity contribution in [2.45, 2.75) is 70.8 Å². The minimum absolute atomic E-state index is 0.113. The van der Waals surface area contributed by atoms with Crippen LogP contribution < -0.4 is 0 Å². The van der Waals surface area contributed by atoms with Gasteiger partial charge in [0.15, 0.2) is 0 Å². The Morgan fingerprint density at radius 2 is 1.48 bits per heavy atom. The van der Waals surface area contributed by atoms with Crippen LogP contribution in [-0.4, -0.2) is 17.0 Å². The summed E-state index contributed by atoms with van der Waals surface area (Å²) in [6.45, 7) is 0.362. The van der Waals surface area contributed by atoms with Crippen molar-refractivity contribution >= 4 is 11.9 Å². The third-order valence-electron chi connectivity index (χ3n) is 4.00. The molecule has 0 radical (unpaired) electrons. The van der Waals surface area contributed by atoms with Crippen molar-refractivity contribution in [3.05, 3.63) is 48.0 Å². The molecule has 1 aromatic carbocycles. The van der Waals surface area contributed by atoms with Crippen LogP contribution in [0.15, 0.2) is 42.5 Å². The Morgan fingerprint density at radius 3 is 2.12 bits per heavy atom. The summed E-state index contributed by atoms with van der Waals surface area (Å²) in [5.74, 6) is -0.984. The van der Waals surface area contributed by atoms with Gasteiger partial charge in [-0.05, 0) is 24.8 Å². The lowest BCUT2D eigenvalue weighted by Gasteiger charge is -2.05. The molecule has 0 aliphatic carbocycles. The highest BCUT2D eigenvalue weighted by Gasteiger charge is 2.03. The number of carboxylic acids is 1. The molecule has 0 aliphatic heterocycles. The molecule has 4 heteroatoms. The molecule has 138 valence electrons. The zero-order valence-corrected chi connectivity index (χ0v) is 15.0. The Balaban J connectivity index is 1.85. The fourth-order valence-electron chi connectivity index (χ4n) is 2.59. The maximum atomic E-state index is 11.7. The first-order valence-corrected chi connectivity index (χ1v) is 9.27. The van der Waals surface area contributed by atoms with Gasteiger partial charge in [0.2, 0.25) is 0 Å². The molecule has 0 fully saturated rings. The van der Waals surface area contributed by atoms with Crippen molar-refractivity contribution < 1.29 is 19.4 Å². The van der Waals surface area contributed by atoms with E-state index in [-0.39, 0.29) is 5.97 Å². The summed E-state index contributed by atoms with van der Waals surface area (Å²) in [5, 5.41) is 8.46. The highest BCUT2D eigenvalue weighted by atomic mass is 16.5. The van der Waals surface area contributed by atoms with Crippen LogP contribution in [0.25, 0.3) is 0 Å². The number of allylic oxidation sites excluding steroid dienone is 1. The largest absolute Gasteiger partial charge is 0.478 e. The number of carbonyl (C=O) groups excluding carboxylic acids is 1. The zero-order chi connectivity index (χ0) is 18.2. The second kappa shape index (κ2) is 14.3. The van der Waals surface area contributed by atoms with E-state index in [0.717, 1.165) is 44.1 Å². The first kappa shape index (κ1) is 20.9. The second-order valence-electron chi connectivity index (χ2n) is 6.25. The molecule has 0 atom stereocenters. The van der Waals surface area contributed by atoms with Gasteiger partial charge in [0.05, 0.1) is 0 Å². The number of ether oxygens (including phenoxy) is 1. The first-order chi connectivity index (χ1) is 12.2. The Morgan fingerprint density at radius 1 is 0.880 bits per heavy atom. The van der Waals surface area contributed by atoms with Gasteiger partial charge in [-0.3, -0.25) is 4.79 Å². The third-order valence-corrected chi connectivity index (χ3v) is 4.00. The molecule has 1 rings (SSSR count). The standard InChI is InChI=1S/C21H30O4/c22-20(23)16-12-7-5-3-1-2-4-6-8-13-17-21(24)25-18-19-14-10-9-11-15-19/h9-12,14-16H,1-8,13,17-18H2,(H,22,23). The summed E-state index contributed by atoms with van der Waals surface area (Å²) in [6.07, 6.45) is 13.2. The van der Waals surface area contributed by atoms with Gasteiger partial charge in [-0.25, -0.2) is 4.79 Å². The van der Waals surface area contributed by atoms with E-state index in [4.69, 9.17) is 9.84 Å². The van der Waals surface area contributed by atoms with E-state index in [1.54, 1.807) is 6.08 Å². The fourth-order valence-corrected chi connectivity index (χ4v) is 2.59. The highest BCUT2D eigenvalue weighted by molar-refractivity contribution is 5.79. The van der Waals surface area contributed by atoms with Crippen LogP contribution in [0, 0.1) is 0 Å². The molecule has 0 unspecified atom stereocenters. The number of hydrogen-bond acceptors (Lipinski definition) is 3. The van der Waals surface area contributed by atoms with Crippen LogP contribution in [0.1, 0.15) is 69.8 Å². The van der Waals surface area contributed by atoms with E-state index in [9.17, 15) is 9.59 Å². The minimum atomic E-state index is -0.871. The van der Waals surface area contributed by atoms with Gasteiger partial charge >= 0.3 is 11.9 Å². The molecule has 0 heterocycles.